The molecule has 3 aliphatic carbocycles. The number of carbonyl (C=O) groups excluding carboxylic acids is 1. The van der Waals surface area contributed by atoms with Gasteiger partial charge in [-0.1, -0.05) is 27.7 Å². The Morgan fingerprint density at radius 2 is 1.88 bits per heavy atom. The van der Waals surface area contributed by atoms with Crippen LogP contribution in [0.1, 0.15) is 53.4 Å². The second-order valence-electron chi connectivity index (χ2n) is 7.71. The van der Waals surface area contributed by atoms with Crippen molar-refractivity contribution < 1.29 is 9.90 Å². The average Bonchev–Trinajstić information content (AvgIpc) is 2.84. The lowest BCUT2D eigenvalue weighted by molar-refractivity contribution is -0.183. The summed E-state index contributed by atoms with van der Waals surface area (Å²) in [5.74, 6) is 0.955. The molecule has 0 unspecified atom stereocenters. The molecule has 3 aliphatic rings. The topological polar surface area (TPSA) is 37.3 Å². The Hall–Kier alpha value is -0.370. The molecule has 17 heavy (non-hydrogen) atoms. The minimum Gasteiger partial charge on any atom is -0.389 e. The van der Waals surface area contributed by atoms with Gasteiger partial charge in [0.1, 0.15) is 5.78 Å². The second-order valence-corrected chi connectivity index (χ2v) is 7.71. The van der Waals surface area contributed by atoms with Gasteiger partial charge in [-0.05, 0) is 37.0 Å². The van der Waals surface area contributed by atoms with E-state index in [2.05, 4.69) is 20.8 Å². The van der Waals surface area contributed by atoms with Crippen LogP contribution in [0.4, 0.5) is 0 Å². The number of hydrogen-bond acceptors (Lipinski definition) is 2. The normalized spacial score (nSPS) is 56.1. The van der Waals surface area contributed by atoms with Gasteiger partial charge in [-0.25, -0.2) is 0 Å². The van der Waals surface area contributed by atoms with Gasteiger partial charge in [0.25, 0.3) is 0 Å². The van der Waals surface area contributed by atoms with Crippen LogP contribution >= 0.6 is 0 Å². The average molecular weight is 236 g/mol. The first kappa shape index (κ1) is 11.7. The number of hydrogen-bond donors (Lipinski definition) is 1. The van der Waals surface area contributed by atoms with Gasteiger partial charge in [-0.3, -0.25) is 4.79 Å². The number of fused-ring (bicyclic) bond motifs is 3. The summed E-state index contributed by atoms with van der Waals surface area (Å²) in [5.41, 5.74) is -0.715. The van der Waals surface area contributed by atoms with Crippen molar-refractivity contribution in [1.82, 2.24) is 0 Å². The quantitative estimate of drug-likeness (QED) is 0.702. The first-order valence-electron chi connectivity index (χ1n) is 6.98. The van der Waals surface area contributed by atoms with Crippen LogP contribution in [-0.2, 0) is 4.79 Å². The van der Waals surface area contributed by atoms with Gasteiger partial charge in [-0.15, -0.1) is 0 Å². The van der Waals surface area contributed by atoms with Crippen LogP contribution in [0.25, 0.3) is 0 Å². The molecule has 0 radical (unpaired) electrons. The van der Waals surface area contributed by atoms with Gasteiger partial charge in [0.05, 0.1) is 11.5 Å². The summed E-state index contributed by atoms with van der Waals surface area (Å²) in [6.07, 6.45) is 3.91. The molecule has 0 aromatic rings. The fourth-order valence-corrected chi connectivity index (χ4v) is 4.92. The SMILES string of the molecule is C[C@@H]1CC[C@]2(O)[C@@H](C1=O)C(C)(C)C[C@H]1C[C@]12C. The lowest BCUT2D eigenvalue weighted by Crippen LogP contribution is -2.61. The molecular weight excluding hydrogens is 212 g/mol. The zero-order valence-corrected chi connectivity index (χ0v) is 11.4. The van der Waals surface area contributed by atoms with Gasteiger partial charge >= 0.3 is 0 Å². The number of Topliss-reactive ketones (excluding diaryl/α,β-unsaturated/α-hetero) is 1. The predicted octanol–water partition coefficient (Wildman–Crippen LogP) is 2.79. The smallest absolute Gasteiger partial charge is 0.142 e. The van der Waals surface area contributed by atoms with Crippen LogP contribution in [0.3, 0.4) is 0 Å². The van der Waals surface area contributed by atoms with Crippen molar-refractivity contribution in [3.63, 3.8) is 0 Å². The van der Waals surface area contributed by atoms with Crippen molar-refractivity contribution in [1.29, 1.82) is 0 Å². The Morgan fingerprint density at radius 1 is 1.24 bits per heavy atom. The molecule has 5 atom stereocenters. The third-order valence-corrected chi connectivity index (χ3v) is 6.16. The second kappa shape index (κ2) is 2.96. The number of aliphatic hydroxyl groups is 1. The first-order chi connectivity index (χ1) is 7.72. The van der Waals surface area contributed by atoms with E-state index in [1.807, 2.05) is 6.92 Å². The summed E-state index contributed by atoms with van der Waals surface area (Å²) < 4.78 is 0. The summed E-state index contributed by atoms with van der Waals surface area (Å²) in [4.78, 5) is 12.5. The number of carbonyl (C=O) groups is 1. The van der Waals surface area contributed by atoms with Crippen LogP contribution in [0.5, 0.6) is 0 Å². The van der Waals surface area contributed by atoms with Crippen LogP contribution < -0.4 is 0 Å². The first-order valence-corrected chi connectivity index (χ1v) is 6.98. The predicted molar refractivity (Wildman–Crippen MR) is 66.5 cm³/mol. The van der Waals surface area contributed by atoms with Crippen molar-refractivity contribution in [3.8, 4) is 0 Å². The highest BCUT2D eigenvalue weighted by atomic mass is 16.3. The van der Waals surface area contributed by atoms with Crippen molar-refractivity contribution in [2.75, 3.05) is 0 Å². The summed E-state index contributed by atoms with van der Waals surface area (Å²) in [5, 5.41) is 11.2. The maximum absolute atomic E-state index is 12.5. The Bertz CT molecular complexity index is 386. The molecule has 0 saturated heterocycles. The van der Waals surface area contributed by atoms with E-state index in [-0.39, 0.29) is 22.7 Å². The maximum Gasteiger partial charge on any atom is 0.142 e. The van der Waals surface area contributed by atoms with Crippen molar-refractivity contribution in [3.05, 3.63) is 0 Å². The highest BCUT2D eigenvalue weighted by molar-refractivity contribution is 5.86. The lowest BCUT2D eigenvalue weighted by atomic mass is 9.51. The summed E-state index contributed by atoms with van der Waals surface area (Å²) >= 11 is 0. The van der Waals surface area contributed by atoms with Gasteiger partial charge in [0.15, 0.2) is 0 Å². The van der Waals surface area contributed by atoms with Gasteiger partial charge < -0.3 is 5.11 Å². The largest absolute Gasteiger partial charge is 0.389 e. The molecule has 0 amide bonds. The zero-order chi connectivity index (χ0) is 12.6. The van der Waals surface area contributed by atoms with E-state index in [1.54, 1.807) is 0 Å². The van der Waals surface area contributed by atoms with E-state index < -0.39 is 5.60 Å². The molecule has 0 aliphatic heterocycles. The van der Waals surface area contributed by atoms with E-state index in [9.17, 15) is 9.90 Å². The minimum atomic E-state index is -0.719. The third-order valence-electron chi connectivity index (χ3n) is 6.16. The van der Waals surface area contributed by atoms with Gasteiger partial charge in [0, 0.05) is 11.3 Å². The molecule has 3 rings (SSSR count). The number of rotatable bonds is 0. The van der Waals surface area contributed by atoms with Gasteiger partial charge in [-0.2, -0.15) is 0 Å². The van der Waals surface area contributed by atoms with Crippen LogP contribution in [0.15, 0.2) is 0 Å². The lowest BCUT2D eigenvalue weighted by Gasteiger charge is -2.55. The fourth-order valence-electron chi connectivity index (χ4n) is 4.92. The standard InChI is InChI=1S/C15H24O2/c1-9-5-6-15(17)12(11(9)16)13(2,3)7-10-8-14(10,15)4/h9-10,12,17H,5-8H2,1-4H3/t9-,10+,12+,14-,15+/m1/s1. The molecule has 0 spiro atoms. The van der Waals surface area contributed by atoms with Gasteiger partial charge in [0.2, 0.25) is 0 Å². The van der Waals surface area contributed by atoms with E-state index in [1.165, 1.54) is 0 Å². The van der Waals surface area contributed by atoms with Crippen molar-refractivity contribution in [2.24, 2.45) is 28.6 Å². The van der Waals surface area contributed by atoms with E-state index in [0.29, 0.717) is 11.7 Å². The van der Waals surface area contributed by atoms with E-state index in [4.69, 9.17) is 0 Å². The zero-order valence-electron chi connectivity index (χ0n) is 11.4. The Morgan fingerprint density at radius 3 is 2.53 bits per heavy atom. The summed E-state index contributed by atoms with van der Waals surface area (Å²) in [6.45, 7) is 8.58. The summed E-state index contributed by atoms with van der Waals surface area (Å²) in [6, 6.07) is 0. The van der Waals surface area contributed by atoms with Crippen LogP contribution in [-0.4, -0.2) is 16.5 Å². The van der Waals surface area contributed by atoms with Crippen molar-refractivity contribution in [2.45, 2.75) is 59.0 Å². The van der Waals surface area contributed by atoms with Crippen molar-refractivity contribution >= 4 is 5.78 Å². The third kappa shape index (κ3) is 1.23. The molecule has 0 heterocycles. The Kier molecular flexibility index (Phi) is 2.04. The fraction of sp³-hybridized carbons (Fsp3) is 0.933. The molecule has 96 valence electrons. The molecule has 0 bridgehead atoms. The number of ketones is 1. The molecule has 3 fully saturated rings. The monoisotopic (exact) mass is 236 g/mol. The maximum atomic E-state index is 12.5. The molecule has 0 aromatic heterocycles. The molecule has 2 heteroatoms. The molecular formula is C15H24O2. The van der Waals surface area contributed by atoms with Crippen LogP contribution in [0, 0.1) is 28.6 Å². The Labute approximate surface area is 104 Å². The Balaban J connectivity index is 2.08. The highest BCUT2D eigenvalue weighted by Crippen LogP contribution is 2.73. The minimum absolute atomic E-state index is 0.0266. The molecule has 0 aromatic carbocycles. The molecule has 3 saturated carbocycles. The van der Waals surface area contributed by atoms with E-state index in [0.717, 1.165) is 25.7 Å². The van der Waals surface area contributed by atoms with Crippen LogP contribution in [0.2, 0.25) is 0 Å². The summed E-state index contributed by atoms with van der Waals surface area (Å²) in [7, 11) is 0. The molecule has 1 N–H and O–H groups in total. The van der Waals surface area contributed by atoms with E-state index >= 15 is 0 Å². The highest BCUT2D eigenvalue weighted by Gasteiger charge is 2.73. The molecule has 2 nitrogen and oxygen atoms in total.